The van der Waals surface area contributed by atoms with Gasteiger partial charge in [-0.05, 0) is 45.3 Å². The number of rotatable bonds is 4. The van der Waals surface area contributed by atoms with Crippen molar-refractivity contribution >= 4 is 29.1 Å². The fourth-order valence-electron chi connectivity index (χ4n) is 2.47. The Labute approximate surface area is 131 Å². The lowest BCUT2D eigenvalue weighted by Gasteiger charge is -2.34. The van der Waals surface area contributed by atoms with Crippen LogP contribution in [0.3, 0.4) is 0 Å². The second-order valence-electron chi connectivity index (χ2n) is 5.11. The van der Waals surface area contributed by atoms with E-state index >= 15 is 0 Å². The third-order valence-corrected chi connectivity index (χ3v) is 3.80. The maximum atomic E-state index is 5.28. The van der Waals surface area contributed by atoms with Crippen LogP contribution in [0.4, 0.5) is 11.8 Å². The van der Waals surface area contributed by atoms with Crippen LogP contribution in [0.1, 0.15) is 33.1 Å². The van der Waals surface area contributed by atoms with E-state index in [-0.39, 0.29) is 0 Å². The third kappa shape index (κ3) is 4.17. The zero-order valence-corrected chi connectivity index (χ0v) is 13.7. The summed E-state index contributed by atoms with van der Waals surface area (Å²) in [7, 11) is 1.61. The Morgan fingerprint density at radius 1 is 1.48 bits per heavy atom. The van der Waals surface area contributed by atoms with Crippen LogP contribution in [-0.4, -0.2) is 41.3 Å². The highest BCUT2D eigenvalue weighted by molar-refractivity contribution is 7.80. The summed E-state index contributed by atoms with van der Waals surface area (Å²) in [6.45, 7) is 5.98. The number of ether oxygens (including phenoxy) is 1. The molecule has 116 valence electrons. The van der Waals surface area contributed by atoms with Gasteiger partial charge in [0.25, 0.3) is 0 Å². The molecule has 1 aromatic heterocycles. The molecule has 2 rings (SSSR count). The number of aromatic nitrogens is 2. The van der Waals surface area contributed by atoms with E-state index in [1.54, 1.807) is 7.11 Å². The van der Waals surface area contributed by atoms with E-state index in [9.17, 15) is 0 Å². The molecule has 0 aliphatic carbocycles. The van der Waals surface area contributed by atoms with Crippen LogP contribution in [0, 0.1) is 0 Å². The Balaban J connectivity index is 2.22. The van der Waals surface area contributed by atoms with E-state index in [0.717, 1.165) is 18.9 Å². The summed E-state index contributed by atoms with van der Waals surface area (Å²) in [6, 6.07) is 2.36. The molecule has 1 atom stereocenters. The van der Waals surface area contributed by atoms with Crippen LogP contribution in [-0.2, 0) is 0 Å². The molecule has 2 N–H and O–H groups in total. The van der Waals surface area contributed by atoms with Crippen molar-refractivity contribution in [2.24, 2.45) is 0 Å². The van der Waals surface area contributed by atoms with Crippen molar-refractivity contribution in [2.75, 3.05) is 30.4 Å². The number of nitrogens with one attached hydrogen (secondary N) is 2. The number of nitrogens with zero attached hydrogens (tertiary/aromatic N) is 3. The lowest BCUT2D eigenvalue weighted by Crippen LogP contribution is -2.38. The highest BCUT2D eigenvalue weighted by Crippen LogP contribution is 2.26. The first-order valence-corrected chi connectivity index (χ1v) is 7.79. The van der Waals surface area contributed by atoms with E-state index in [4.69, 9.17) is 17.0 Å². The van der Waals surface area contributed by atoms with Gasteiger partial charge < -0.3 is 20.3 Å². The van der Waals surface area contributed by atoms with Gasteiger partial charge in [-0.3, -0.25) is 0 Å². The fraction of sp³-hybridized carbons (Fsp3) is 0.643. The van der Waals surface area contributed by atoms with Gasteiger partial charge in [0.1, 0.15) is 5.82 Å². The number of hydrogen-bond donors (Lipinski definition) is 2. The van der Waals surface area contributed by atoms with E-state index in [0.29, 0.717) is 23.0 Å². The average molecular weight is 309 g/mol. The molecule has 1 saturated heterocycles. The first-order chi connectivity index (χ1) is 10.1. The minimum atomic E-state index is 0.466. The highest BCUT2D eigenvalue weighted by atomic mass is 32.1. The molecule has 0 unspecified atom stereocenters. The van der Waals surface area contributed by atoms with Gasteiger partial charge in [0.15, 0.2) is 5.11 Å². The molecule has 2 heterocycles. The summed E-state index contributed by atoms with van der Waals surface area (Å²) >= 11 is 5.18. The number of hydrogen-bond acceptors (Lipinski definition) is 5. The maximum absolute atomic E-state index is 5.28. The SMILES string of the molecule is CCNC(=S)Nc1nc(OC)cc(N2CCCC[C@@H]2C)n1. The van der Waals surface area contributed by atoms with Gasteiger partial charge in [0, 0.05) is 25.2 Å². The van der Waals surface area contributed by atoms with E-state index in [1.807, 2.05) is 13.0 Å². The Morgan fingerprint density at radius 2 is 2.29 bits per heavy atom. The molecule has 0 radical (unpaired) electrons. The second kappa shape index (κ2) is 7.40. The molecule has 0 bridgehead atoms. The molecular weight excluding hydrogens is 286 g/mol. The Hall–Kier alpha value is -1.63. The first kappa shape index (κ1) is 15.8. The van der Waals surface area contributed by atoms with Crippen molar-refractivity contribution in [3.05, 3.63) is 6.07 Å². The fourth-order valence-corrected chi connectivity index (χ4v) is 2.70. The smallest absolute Gasteiger partial charge is 0.234 e. The lowest BCUT2D eigenvalue weighted by atomic mass is 10.0. The lowest BCUT2D eigenvalue weighted by molar-refractivity contribution is 0.396. The molecule has 1 aromatic rings. The van der Waals surface area contributed by atoms with Crippen molar-refractivity contribution in [2.45, 2.75) is 39.2 Å². The summed E-state index contributed by atoms with van der Waals surface area (Å²) in [6.07, 6.45) is 3.65. The van der Waals surface area contributed by atoms with Crippen LogP contribution < -0.4 is 20.3 Å². The minimum Gasteiger partial charge on any atom is -0.481 e. The molecular formula is C14H23N5OS. The monoisotopic (exact) mass is 309 g/mol. The topological polar surface area (TPSA) is 62.3 Å². The molecule has 7 heteroatoms. The molecule has 0 saturated carbocycles. The molecule has 1 aliphatic heterocycles. The summed E-state index contributed by atoms with van der Waals surface area (Å²) in [5.74, 6) is 1.89. The Kier molecular flexibility index (Phi) is 5.55. The number of piperidine rings is 1. The van der Waals surface area contributed by atoms with Crippen molar-refractivity contribution in [3.63, 3.8) is 0 Å². The summed E-state index contributed by atoms with van der Waals surface area (Å²) in [5.41, 5.74) is 0. The summed E-state index contributed by atoms with van der Waals surface area (Å²) in [4.78, 5) is 11.2. The normalized spacial score (nSPS) is 18.2. The van der Waals surface area contributed by atoms with Crippen LogP contribution in [0.15, 0.2) is 6.07 Å². The van der Waals surface area contributed by atoms with E-state index in [2.05, 4.69) is 32.4 Å². The molecule has 0 amide bonds. The van der Waals surface area contributed by atoms with Crippen molar-refractivity contribution in [3.8, 4) is 5.88 Å². The zero-order valence-electron chi connectivity index (χ0n) is 12.8. The zero-order chi connectivity index (χ0) is 15.2. The molecule has 0 aromatic carbocycles. The average Bonchev–Trinajstić information content (AvgIpc) is 2.47. The largest absolute Gasteiger partial charge is 0.481 e. The molecule has 1 aliphatic rings. The van der Waals surface area contributed by atoms with Crippen molar-refractivity contribution in [1.29, 1.82) is 0 Å². The van der Waals surface area contributed by atoms with Crippen molar-refractivity contribution in [1.82, 2.24) is 15.3 Å². The highest BCUT2D eigenvalue weighted by Gasteiger charge is 2.21. The van der Waals surface area contributed by atoms with E-state index < -0.39 is 0 Å². The van der Waals surface area contributed by atoms with Gasteiger partial charge in [0.2, 0.25) is 11.8 Å². The minimum absolute atomic E-state index is 0.466. The summed E-state index contributed by atoms with van der Waals surface area (Å²) < 4.78 is 5.28. The number of thiocarbonyl (C=S) groups is 1. The van der Waals surface area contributed by atoms with E-state index in [1.165, 1.54) is 19.3 Å². The maximum Gasteiger partial charge on any atom is 0.234 e. The van der Waals surface area contributed by atoms with Crippen LogP contribution in [0.25, 0.3) is 0 Å². The van der Waals surface area contributed by atoms with Gasteiger partial charge in [0.05, 0.1) is 7.11 Å². The van der Waals surface area contributed by atoms with Gasteiger partial charge in [-0.2, -0.15) is 9.97 Å². The van der Waals surface area contributed by atoms with Crippen LogP contribution in [0.5, 0.6) is 5.88 Å². The van der Waals surface area contributed by atoms with Crippen LogP contribution >= 0.6 is 12.2 Å². The quantitative estimate of drug-likeness (QED) is 0.826. The third-order valence-electron chi connectivity index (χ3n) is 3.56. The number of anilines is 2. The molecule has 6 nitrogen and oxygen atoms in total. The summed E-state index contributed by atoms with van der Waals surface area (Å²) in [5, 5.41) is 6.55. The standard InChI is InChI=1S/C14H23N5OS/c1-4-15-14(21)18-13-16-11(9-12(17-13)20-3)19-8-6-5-7-10(19)2/h9-10H,4-8H2,1-3H3,(H2,15,16,17,18,21)/t10-/m0/s1. The Bertz CT molecular complexity index is 496. The molecule has 21 heavy (non-hydrogen) atoms. The predicted molar refractivity (Wildman–Crippen MR) is 89.1 cm³/mol. The van der Waals surface area contributed by atoms with Gasteiger partial charge >= 0.3 is 0 Å². The second-order valence-corrected chi connectivity index (χ2v) is 5.52. The van der Waals surface area contributed by atoms with Crippen LogP contribution in [0.2, 0.25) is 0 Å². The van der Waals surface area contributed by atoms with Gasteiger partial charge in [-0.15, -0.1) is 0 Å². The first-order valence-electron chi connectivity index (χ1n) is 7.38. The van der Waals surface area contributed by atoms with Gasteiger partial charge in [-0.1, -0.05) is 0 Å². The van der Waals surface area contributed by atoms with Gasteiger partial charge in [-0.25, -0.2) is 0 Å². The molecule has 0 spiro atoms. The predicted octanol–water partition coefficient (Wildman–Crippen LogP) is 2.17. The van der Waals surface area contributed by atoms with Crippen molar-refractivity contribution < 1.29 is 4.74 Å². The number of methoxy groups -OCH3 is 1. The Morgan fingerprint density at radius 3 is 2.95 bits per heavy atom. The molecule has 1 fully saturated rings.